The minimum absolute atomic E-state index is 0.398. The zero-order valence-electron chi connectivity index (χ0n) is 9.46. The fourth-order valence-electron chi connectivity index (χ4n) is 2.43. The molecule has 78 valence electrons. The molecule has 0 aromatic rings. The Morgan fingerprint density at radius 2 is 2.00 bits per heavy atom. The van der Waals surface area contributed by atoms with E-state index in [0.29, 0.717) is 18.1 Å². The van der Waals surface area contributed by atoms with Crippen LogP contribution in [-0.4, -0.2) is 29.6 Å². The molecule has 1 fully saturated rings. The first kappa shape index (κ1) is 11.0. The van der Waals surface area contributed by atoms with E-state index in [-0.39, 0.29) is 0 Å². The van der Waals surface area contributed by atoms with Gasteiger partial charge >= 0.3 is 0 Å². The SMILES string of the molecule is CC(C)CC(C)N1CCC(N)C1C. The van der Waals surface area contributed by atoms with Crippen LogP contribution in [0.25, 0.3) is 0 Å². The molecule has 0 saturated carbocycles. The first-order valence-electron chi connectivity index (χ1n) is 5.53. The number of nitrogens with two attached hydrogens (primary N) is 1. The summed E-state index contributed by atoms with van der Waals surface area (Å²) >= 11 is 0. The summed E-state index contributed by atoms with van der Waals surface area (Å²) in [7, 11) is 0. The topological polar surface area (TPSA) is 29.3 Å². The Kier molecular flexibility index (Phi) is 3.74. The van der Waals surface area contributed by atoms with Crippen LogP contribution in [0.5, 0.6) is 0 Å². The Bertz CT molecular complexity index is 156. The van der Waals surface area contributed by atoms with Gasteiger partial charge in [0.15, 0.2) is 0 Å². The second-order valence-electron chi connectivity index (χ2n) is 4.91. The van der Waals surface area contributed by atoms with Crippen LogP contribution in [0.4, 0.5) is 0 Å². The lowest BCUT2D eigenvalue weighted by molar-refractivity contribution is 0.175. The lowest BCUT2D eigenvalue weighted by Crippen LogP contribution is -2.42. The lowest BCUT2D eigenvalue weighted by Gasteiger charge is -2.30. The maximum Gasteiger partial charge on any atom is 0.0222 e. The quantitative estimate of drug-likeness (QED) is 0.725. The van der Waals surface area contributed by atoms with Gasteiger partial charge in [0.1, 0.15) is 0 Å². The molecule has 0 aromatic carbocycles. The fourth-order valence-corrected chi connectivity index (χ4v) is 2.43. The Balaban J connectivity index is 2.43. The Hall–Kier alpha value is -0.0800. The van der Waals surface area contributed by atoms with Gasteiger partial charge in [-0.3, -0.25) is 4.90 Å². The monoisotopic (exact) mass is 184 g/mol. The van der Waals surface area contributed by atoms with Crippen molar-refractivity contribution in [1.29, 1.82) is 0 Å². The molecule has 2 heteroatoms. The van der Waals surface area contributed by atoms with Gasteiger partial charge in [-0.25, -0.2) is 0 Å². The molecular weight excluding hydrogens is 160 g/mol. The summed E-state index contributed by atoms with van der Waals surface area (Å²) in [6, 6.07) is 1.67. The average Bonchev–Trinajstić information content (AvgIpc) is 2.31. The van der Waals surface area contributed by atoms with Crippen molar-refractivity contribution in [2.75, 3.05) is 6.54 Å². The molecule has 1 rings (SSSR count). The second kappa shape index (κ2) is 4.43. The normalized spacial score (nSPS) is 32.8. The molecule has 3 unspecified atom stereocenters. The highest BCUT2D eigenvalue weighted by Crippen LogP contribution is 2.22. The molecule has 1 saturated heterocycles. The number of hydrogen-bond acceptors (Lipinski definition) is 2. The van der Waals surface area contributed by atoms with Crippen LogP contribution < -0.4 is 5.73 Å². The summed E-state index contributed by atoms with van der Waals surface area (Å²) in [5.74, 6) is 0.791. The van der Waals surface area contributed by atoms with E-state index in [9.17, 15) is 0 Å². The van der Waals surface area contributed by atoms with E-state index >= 15 is 0 Å². The van der Waals surface area contributed by atoms with Gasteiger partial charge in [-0.2, -0.15) is 0 Å². The van der Waals surface area contributed by atoms with E-state index in [1.807, 2.05) is 0 Å². The van der Waals surface area contributed by atoms with Crippen LogP contribution in [0.15, 0.2) is 0 Å². The van der Waals surface area contributed by atoms with E-state index in [4.69, 9.17) is 5.73 Å². The van der Waals surface area contributed by atoms with Crippen molar-refractivity contribution in [3.63, 3.8) is 0 Å². The van der Waals surface area contributed by atoms with Crippen molar-refractivity contribution in [2.45, 2.75) is 58.7 Å². The van der Waals surface area contributed by atoms with Crippen LogP contribution in [0, 0.1) is 5.92 Å². The first-order chi connectivity index (χ1) is 6.02. The van der Waals surface area contributed by atoms with E-state index in [2.05, 4.69) is 32.6 Å². The summed E-state index contributed by atoms with van der Waals surface area (Å²) in [5.41, 5.74) is 6.00. The third kappa shape index (κ3) is 2.68. The van der Waals surface area contributed by atoms with Gasteiger partial charge in [0.05, 0.1) is 0 Å². The largest absolute Gasteiger partial charge is 0.326 e. The van der Waals surface area contributed by atoms with Crippen molar-refractivity contribution in [1.82, 2.24) is 4.90 Å². The van der Waals surface area contributed by atoms with Crippen LogP contribution >= 0.6 is 0 Å². The van der Waals surface area contributed by atoms with Crippen molar-refractivity contribution >= 4 is 0 Å². The van der Waals surface area contributed by atoms with Gasteiger partial charge in [0.25, 0.3) is 0 Å². The van der Waals surface area contributed by atoms with Crippen LogP contribution in [0.3, 0.4) is 0 Å². The summed E-state index contributed by atoms with van der Waals surface area (Å²) in [6.07, 6.45) is 2.46. The highest BCUT2D eigenvalue weighted by atomic mass is 15.2. The third-order valence-electron chi connectivity index (χ3n) is 3.24. The van der Waals surface area contributed by atoms with Gasteiger partial charge < -0.3 is 5.73 Å². The van der Waals surface area contributed by atoms with Crippen molar-refractivity contribution in [3.05, 3.63) is 0 Å². The standard InChI is InChI=1S/C11H24N2/c1-8(2)7-9(3)13-6-5-11(12)10(13)4/h8-11H,5-7,12H2,1-4H3. The van der Waals surface area contributed by atoms with Gasteiger partial charge in [0, 0.05) is 24.7 Å². The molecule has 13 heavy (non-hydrogen) atoms. The minimum Gasteiger partial charge on any atom is -0.326 e. The molecule has 0 aromatic heterocycles. The van der Waals surface area contributed by atoms with Crippen molar-refractivity contribution in [2.24, 2.45) is 11.7 Å². The highest BCUT2D eigenvalue weighted by Gasteiger charge is 2.30. The van der Waals surface area contributed by atoms with Crippen LogP contribution in [-0.2, 0) is 0 Å². The summed E-state index contributed by atoms with van der Waals surface area (Å²) in [5, 5.41) is 0. The summed E-state index contributed by atoms with van der Waals surface area (Å²) in [4.78, 5) is 2.56. The van der Waals surface area contributed by atoms with Crippen LogP contribution in [0.2, 0.25) is 0 Å². The second-order valence-corrected chi connectivity index (χ2v) is 4.91. The Labute approximate surface area is 82.5 Å². The average molecular weight is 184 g/mol. The van der Waals surface area contributed by atoms with Crippen molar-refractivity contribution < 1.29 is 0 Å². The first-order valence-corrected chi connectivity index (χ1v) is 5.53. The number of likely N-dealkylation sites (tertiary alicyclic amines) is 1. The fraction of sp³-hybridized carbons (Fsp3) is 1.00. The molecule has 0 spiro atoms. The third-order valence-corrected chi connectivity index (χ3v) is 3.24. The molecule has 1 aliphatic heterocycles. The number of nitrogens with zero attached hydrogens (tertiary/aromatic N) is 1. The van der Waals surface area contributed by atoms with Gasteiger partial charge in [-0.1, -0.05) is 13.8 Å². The predicted octanol–water partition coefficient (Wildman–Crippen LogP) is 1.84. The molecule has 2 N–H and O–H groups in total. The summed E-state index contributed by atoms with van der Waals surface area (Å²) in [6.45, 7) is 10.4. The van der Waals surface area contributed by atoms with E-state index in [1.165, 1.54) is 19.4 Å². The van der Waals surface area contributed by atoms with Crippen molar-refractivity contribution in [3.8, 4) is 0 Å². The maximum absolute atomic E-state index is 6.00. The molecule has 0 aliphatic carbocycles. The number of rotatable bonds is 3. The highest BCUT2D eigenvalue weighted by molar-refractivity contribution is 4.89. The minimum atomic E-state index is 0.398. The Morgan fingerprint density at radius 3 is 2.38 bits per heavy atom. The van der Waals surface area contributed by atoms with Gasteiger partial charge in [-0.15, -0.1) is 0 Å². The van der Waals surface area contributed by atoms with E-state index in [1.54, 1.807) is 0 Å². The molecule has 1 heterocycles. The zero-order chi connectivity index (χ0) is 10.0. The van der Waals surface area contributed by atoms with Crippen LogP contribution in [0.1, 0.15) is 40.5 Å². The maximum atomic E-state index is 6.00. The predicted molar refractivity (Wildman–Crippen MR) is 57.7 cm³/mol. The van der Waals surface area contributed by atoms with E-state index < -0.39 is 0 Å². The summed E-state index contributed by atoms with van der Waals surface area (Å²) < 4.78 is 0. The molecule has 0 amide bonds. The molecule has 0 radical (unpaired) electrons. The molecule has 1 aliphatic rings. The number of hydrogen-bond donors (Lipinski definition) is 1. The lowest BCUT2D eigenvalue weighted by atomic mass is 10.0. The molecule has 3 atom stereocenters. The zero-order valence-corrected chi connectivity index (χ0v) is 9.46. The molecule has 0 bridgehead atoms. The van der Waals surface area contributed by atoms with Gasteiger partial charge in [0.2, 0.25) is 0 Å². The smallest absolute Gasteiger partial charge is 0.0222 e. The van der Waals surface area contributed by atoms with E-state index in [0.717, 1.165) is 5.92 Å². The molecule has 2 nitrogen and oxygen atoms in total. The molecular formula is C11H24N2. The van der Waals surface area contributed by atoms with Gasteiger partial charge in [-0.05, 0) is 32.6 Å². The Morgan fingerprint density at radius 1 is 1.38 bits per heavy atom.